The number of fused-ring (bicyclic) bond motifs is 15. The van der Waals surface area contributed by atoms with Crippen LogP contribution in [0, 0.1) is 77.0 Å². The minimum Gasteiger partial charge on any atom is -0.472 e. The monoisotopic (exact) mass is 1980 g/mol. The van der Waals surface area contributed by atoms with Gasteiger partial charge in [-0.3, -0.25) is 14.7 Å². The molecule has 0 bridgehead atoms. The zero-order chi connectivity index (χ0) is 104. The van der Waals surface area contributed by atoms with Crippen LogP contribution in [0.1, 0.15) is 203 Å². The van der Waals surface area contributed by atoms with Gasteiger partial charge in [0.2, 0.25) is 47.3 Å². The Kier molecular flexibility index (Phi) is 26.1. The lowest BCUT2D eigenvalue weighted by atomic mass is 9.92. The number of allylic oxidation sites excluding steroid dienone is 8. The summed E-state index contributed by atoms with van der Waals surface area (Å²) in [7, 11) is 0. The minimum absolute atomic E-state index is 0.0588. The first-order valence-electron chi connectivity index (χ1n) is 51.7. The molecule has 25 rings (SSSR count). The quantitative estimate of drug-likeness (QED) is 0.106. The molecule has 5 atom stereocenters. The Labute approximate surface area is 870 Å². The van der Waals surface area contributed by atoms with E-state index in [1.54, 1.807) is 31.0 Å². The second kappa shape index (κ2) is 39.5. The highest BCUT2D eigenvalue weighted by Crippen LogP contribution is 2.56. The molecule has 5 aliphatic heterocycles. The highest BCUT2D eigenvalue weighted by Gasteiger charge is 2.47. The number of hydrogen-bond acceptors (Lipinski definition) is 20. The molecule has 20 nitrogen and oxygen atoms in total. The number of aromatic nitrogens is 5. The highest BCUT2D eigenvalue weighted by atomic mass is 16.5. The van der Waals surface area contributed by atoms with Gasteiger partial charge >= 0.3 is 0 Å². The van der Waals surface area contributed by atoms with Crippen molar-refractivity contribution >= 4 is 150 Å². The Hall–Kier alpha value is -16.4. The Bertz CT molecular complexity index is 8710. The lowest BCUT2D eigenvalue weighted by molar-refractivity contribution is 0.0402. The Morgan fingerprint density at radius 2 is 0.483 bits per heavy atom. The maximum absolute atomic E-state index is 6.68. The first-order chi connectivity index (χ1) is 71.7. The first-order valence-corrected chi connectivity index (χ1v) is 51.7. The Morgan fingerprint density at radius 1 is 0.228 bits per heavy atom. The number of hydrogen-bond donors (Lipinski definition) is 0. The molecule has 0 amide bonds. The maximum Gasteiger partial charge on any atom is 0.227 e. The fourth-order valence-corrected chi connectivity index (χ4v) is 22.0. The summed E-state index contributed by atoms with van der Waals surface area (Å²) in [5.74, 6) is 5.81. The smallest absolute Gasteiger partial charge is 0.227 e. The highest BCUT2D eigenvalue weighted by molar-refractivity contribution is 6.13. The van der Waals surface area contributed by atoms with Crippen LogP contribution < -0.4 is 24.5 Å². The molecule has 0 saturated heterocycles. The van der Waals surface area contributed by atoms with Crippen LogP contribution in [0.2, 0.25) is 0 Å². The van der Waals surface area contributed by atoms with Crippen molar-refractivity contribution in [2.45, 2.75) is 197 Å². The van der Waals surface area contributed by atoms with Gasteiger partial charge in [-0.1, -0.05) is 283 Å². The number of aryl methyl sites for hydroxylation is 7. The van der Waals surface area contributed by atoms with E-state index in [9.17, 15) is 0 Å². The van der Waals surface area contributed by atoms with E-state index in [-0.39, 0.29) is 47.9 Å². The summed E-state index contributed by atoms with van der Waals surface area (Å²) in [6.45, 7) is 52.0. The third kappa shape index (κ3) is 17.7. The molecular weight excluding hydrogens is 1850 g/mol. The fraction of sp³-hybridized carbons (Fsp3) is 0.264. The van der Waals surface area contributed by atoms with Gasteiger partial charge < -0.3 is 55.6 Å². The van der Waals surface area contributed by atoms with Crippen LogP contribution in [0.3, 0.4) is 0 Å². The van der Waals surface area contributed by atoms with Crippen LogP contribution in [0.25, 0.3) is 122 Å². The van der Waals surface area contributed by atoms with Gasteiger partial charge in [-0.15, -0.1) is 0 Å². The van der Waals surface area contributed by atoms with Gasteiger partial charge in [0.15, 0.2) is 40.4 Å². The lowest BCUT2D eigenvalue weighted by Crippen LogP contribution is -2.41. The van der Waals surface area contributed by atoms with Crippen LogP contribution >= 0.6 is 0 Å². The summed E-state index contributed by atoms with van der Waals surface area (Å²) < 4.78 is 64.4. The first kappa shape index (κ1) is 98.7. The average molecular weight is 1980 g/mol. The molecular formula is C129H128N10O10. The lowest BCUT2D eigenvalue weighted by Gasteiger charge is -2.36. The van der Waals surface area contributed by atoms with E-state index in [0.717, 1.165) is 212 Å². The number of anilines is 5. The molecule has 10 aromatic carbocycles. The topological polar surface area (TPSA) is 192 Å². The second-order valence-corrected chi connectivity index (χ2v) is 42.8. The molecule has 20 aromatic rings. The number of furan rings is 5. The van der Waals surface area contributed by atoms with E-state index in [0.29, 0.717) is 40.4 Å². The SMILES string of the molecule is CC1=C(C(C)C)OC(C(C)(C)C)N1c1c(C)ccc2c1oc1ncccc12.CC1=C(C(C)C)OC(c2c(C)cccc2C)N1c1c(C)ccc2c1oc1ncccc12.CC1=C(C(C)C)OC(c2ccccc2)N1c1c(C)ccc2c1oc1ncccc12.CC1=C(c2ccccc2)OC(C(C)(C)C)N1c1c(C)ccc2c1oc1ncccc12.CC1=C(c2ccccc2)OC(c2ccccc2)N1c1c(C)ccc2c1oc1ncccc12. The third-order valence-corrected chi connectivity index (χ3v) is 29.1. The van der Waals surface area contributed by atoms with Crippen LogP contribution in [-0.4, -0.2) is 37.4 Å². The molecule has 0 spiro atoms. The largest absolute Gasteiger partial charge is 0.472 e. The van der Waals surface area contributed by atoms with Gasteiger partial charge in [0.05, 0.1) is 56.9 Å². The number of pyridine rings is 5. The van der Waals surface area contributed by atoms with Crippen molar-refractivity contribution in [3.63, 3.8) is 0 Å². The predicted octanol–water partition coefficient (Wildman–Crippen LogP) is 34.5. The van der Waals surface area contributed by atoms with Crippen molar-refractivity contribution in [3.05, 3.63) is 404 Å². The number of ether oxygens (including phenoxy) is 5. The number of nitrogens with zero attached hydrogens (tertiary/aromatic N) is 10. The molecule has 754 valence electrons. The number of benzene rings is 10. The van der Waals surface area contributed by atoms with Crippen LogP contribution in [0.15, 0.2) is 360 Å². The standard InChI is InChI=1S/C28H22N2O2.C27H28N2O2.C26H26N2O2.C25H24N2O2.C23H28N2O2/c1-18-15-16-22-23-14-9-17-29-27(23)31-26(22)24(18)30-19(2)25(20-10-5-3-6-11-20)32-28(30)21-12-7-4-8-13-21;1-15(2)24-19(6)29(27(31-24)22-16(3)9-7-10-17(22)4)23-18(5)12-13-20-21-11-8-14-28-26(21)30-25(20)23;1-16-13-14-19-20-12-9-15-27-24(20)29-23(19)21(16)28-17(2)22(18-10-7-6-8-11-18)30-25(28)26(3,4)5;1-15(2)22-17(4)27(25(29-22)18-9-6-5-7-10-18)21-16(3)12-13-19-20-11-8-14-26-24(20)28-23(19)21;1-13(2)19-15(4)25(22(27-19)23(5,6)7)18-14(3)10-11-16-17-9-8-12-24-21(17)26-20(16)18/h3-17,28H,1-2H3;7-15,27H,1-6H3;6-15,25H,1-5H3;5-15,25H,1-4H3;8-13,22H,1-7H3. The van der Waals surface area contributed by atoms with Crippen molar-refractivity contribution in [1.29, 1.82) is 0 Å². The van der Waals surface area contributed by atoms with Crippen LogP contribution in [0.4, 0.5) is 28.4 Å². The fourth-order valence-electron chi connectivity index (χ4n) is 22.0. The van der Waals surface area contributed by atoms with Crippen molar-refractivity contribution < 1.29 is 45.8 Å². The van der Waals surface area contributed by atoms with E-state index < -0.39 is 0 Å². The second-order valence-electron chi connectivity index (χ2n) is 42.8. The molecule has 15 heterocycles. The van der Waals surface area contributed by atoms with Gasteiger partial charge in [-0.05, 0) is 183 Å². The zero-order valence-corrected chi connectivity index (χ0v) is 89.4. The molecule has 0 saturated carbocycles. The van der Waals surface area contributed by atoms with Gasteiger partial charge in [0, 0.05) is 141 Å². The van der Waals surface area contributed by atoms with Crippen LogP contribution in [0.5, 0.6) is 0 Å². The Morgan fingerprint density at radius 3 is 0.805 bits per heavy atom. The normalized spacial score (nSPS) is 17.0. The van der Waals surface area contributed by atoms with Crippen molar-refractivity contribution in [2.75, 3.05) is 24.5 Å². The molecule has 149 heavy (non-hydrogen) atoms. The van der Waals surface area contributed by atoms with Crippen molar-refractivity contribution in [1.82, 2.24) is 24.9 Å². The Balaban J connectivity index is 0.000000109. The number of rotatable bonds is 13. The van der Waals surface area contributed by atoms with E-state index in [1.807, 2.05) is 91.0 Å². The van der Waals surface area contributed by atoms with E-state index >= 15 is 0 Å². The zero-order valence-electron chi connectivity index (χ0n) is 89.4. The van der Waals surface area contributed by atoms with Gasteiger partial charge in [-0.2, -0.15) is 0 Å². The van der Waals surface area contributed by atoms with Crippen molar-refractivity contribution in [2.24, 2.45) is 28.6 Å². The predicted molar refractivity (Wildman–Crippen MR) is 603 cm³/mol. The molecule has 0 aliphatic carbocycles. The molecule has 10 aromatic heterocycles. The van der Waals surface area contributed by atoms with E-state index in [1.165, 1.54) is 22.3 Å². The molecule has 0 fully saturated rings. The molecule has 5 aliphatic rings. The molecule has 20 heteroatoms. The molecule has 5 unspecified atom stereocenters. The van der Waals surface area contributed by atoms with Crippen LogP contribution in [-0.2, 0) is 23.7 Å². The molecule has 0 N–H and O–H groups in total. The summed E-state index contributed by atoms with van der Waals surface area (Å²) >= 11 is 0. The third-order valence-electron chi connectivity index (χ3n) is 29.1. The minimum atomic E-state index is -0.295. The van der Waals surface area contributed by atoms with E-state index in [2.05, 4.69) is 385 Å². The van der Waals surface area contributed by atoms with Gasteiger partial charge in [0.25, 0.3) is 0 Å². The maximum atomic E-state index is 6.68. The molecule has 0 radical (unpaired) electrons. The van der Waals surface area contributed by atoms with Gasteiger partial charge in [-0.25, -0.2) is 24.9 Å². The summed E-state index contributed by atoms with van der Waals surface area (Å²) in [6, 6.07) is 89.2. The summed E-state index contributed by atoms with van der Waals surface area (Å²) in [5, 5.41) is 10.6. The van der Waals surface area contributed by atoms with E-state index in [4.69, 9.17) is 45.8 Å². The summed E-state index contributed by atoms with van der Waals surface area (Å²) in [6.07, 6.45) is 7.87. The van der Waals surface area contributed by atoms with Gasteiger partial charge in [0.1, 0.15) is 28.8 Å². The summed E-state index contributed by atoms with van der Waals surface area (Å²) in [5.41, 5.74) is 32.0. The average Bonchev–Trinajstić information content (AvgIpc) is 1.59. The summed E-state index contributed by atoms with van der Waals surface area (Å²) in [4.78, 5) is 33.7. The van der Waals surface area contributed by atoms with Crippen molar-refractivity contribution in [3.8, 4) is 0 Å².